The van der Waals surface area contributed by atoms with Gasteiger partial charge in [0.1, 0.15) is 17.2 Å². The lowest BCUT2D eigenvalue weighted by Crippen LogP contribution is -2.41. The van der Waals surface area contributed by atoms with Gasteiger partial charge in [0, 0.05) is 18.0 Å². The molecule has 0 saturated heterocycles. The van der Waals surface area contributed by atoms with Crippen molar-refractivity contribution in [3.8, 4) is 5.75 Å². The number of hydrogen-bond acceptors (Lipinski definition) is 2. The van der Waals surface area contributed by atoms with Gasteiger partial charge in [-0.3, -0.25) is 0 Å². The third kappa shape index (κ3) is 1.91. The molecule has 3 heteroatoms. The van der Waals surface area contributed by atoms with Crippen molar-refractivity contribution >= 4 is 0 Å². The number of nitrogens with two attached hydrogens (primary N) is 1. The molecule has 2 unspecified atom stereocenters. The van der Waals surface area contributed by atoms with Gasteiger partial charge in [0.25, 0.3) is 0 Å². The number of ether oxygens (including phenoxy) is 1. The number of halogens is 1. The van der Waals surface area contributed by atoms with E-state index in [0.717, 1.165) is 37.0 Å². The average Bonchev–Trinajstić information content (AvgIpc) is 2.56. The summed E-state index contributed by atoms with van der Waals surface area (Å²) in [5.41, 5.74) is 7.21. The van der Waals surface area contributed by atoms with Crippen LogP contribution in [-0.4, -0.2) is 5.60 Å². The lowest BCUT2D eigenvalue weighted by molar-refractivity contribution is 0.0329. The predicted molar refractivity (Wildman–Crippen MR) is 68.9 cm³/mol. The molecule has 1 aromatic rings. The zero-order valence-electron chi connectivity index (χ0n) is 11.0. The Morgan fingerprint density at radius 1 is 1.33 bits per heavy atom. The summed E-state index contributed by atoms with van der Waals surface area (Å²) < 4.78 is 19.4. The summed E-state index contributed by atoms with van der Waals surface area (Å²) in [7, 11) is 0. The Hall–Kier alpha value is -1.09. The van der Waals surface area contributed by atoms with Crippen LogP contribution < -0.4 is 10.5 Å². The number of rotatable bonds is 0. The second kappa shape index (κ2) is 3.70. The second-order valence-corrected chi connectivity index (χ2v) is 6.62. The Morgan fingerprint density at radius 3 is 2.78 bits per heavy atom. The van der Waals surface area contributed by atoms with Crippen molar-refractivity contribution in [2.45, 2.75) is 51.2 Å². The molecule has 0 radical (unpaired) electrons. The molecule has 0 amide bonds. The van der Waals surface area contributed by atoms with E-state index in [0.29, 0.717) is 5.41 Å². The quantitative estimate of drug-likeness (QED) is 0.763. The van der Waals surface area contributed by atoms with Gasteiger partial charge in [-0.05, 0) is 42.9 Å². The second-order valence-electron chi connectivity index (χ2n) is 6.62. The monoisotopic (exact) mass is 249 g/mol. The molecule has 3 rings (SSSR count). The van der Waals surface area contributed by atoms with E-state index < -0.39 is 0 Å². The fraction of sp³-hybridized carbons (Fsp3) is 0.600. The third-order valence-electron chi connectivity index (χ3n) is 4.35. The number of fused-ring (bicyclic) bond motifs is 1. The van der Waals surface area contributed by atoms with Gasteiger partial charge in [0.15, 0.2) is 0 Å². The van der Waals surface area contributed by atoms with Gasteiger partial charge in [-0.25, -0.2) is 4.39 Å². The third-order valence-corrected chi connectivity index (χ3v) is 4.35. The fourth-order valence-electron chi connectivity index (χ4n) is 3.56. The summed E-state index contributed by atoms with van der Waals surface area (Å²) >= 11 is 0. The van der Waals surface area contributed by atoms with Crippen molar-refractivity contribution in [1.29, 1.82) is 0 Å². The SMILES string of the molecule is CC1(C)CCC2(CC(N)c3cc(F)ccc3O2)C1. The summed E-state index contributed by atoms with van der Waals surface area (Å²) in [4.78, 5) is 0. The van der Waals surface area contributed by atoms with Crippen molar-refractivity contribution in [1.82, 2.24) is 0 Å². The molecule has 0 aromatic heterocycles. The molecule has 2 nitrogen and oxygen atoms in total. The molecule has 1 aliphatic carbocycles. The average molecular weight is 249 g/mol. The van der Waals surface area contributed by atoms with E-state index in [1.54, 1.807) is 6.07 Å². The smallest absolute Gasteiger partial charge is 0.125 e. The molecule has 98 valence electrons. The van der Waals surface area contributed by atoms with Crippen molar-refractivity contribution in [2.24, 2.45) is 11.1 Å². The van der Waals surface area contributed by atoms with E-state index in [2.05, 4.69) is 13.8 Å². The van der Waals surface area contributed by atoms with Gasteiger partial charge in [-0.15, -0.1) is 0 Å². The molecule has 0 bridgehead atoms. The van der Waals surface area contributed by atoms with Crippen LogP contribution in [0.5, 0.6) is 5.75 Å². The predicted octanol–water partition coefficient (Wildman–Crippen LogP) is 3.56. The maximum absolute atomic E-state index is 13.2. The van der Waals surface area contributed by atoms with Crippen LogP contribution in [0.25, 0.3) is 0 Å². The van der Waals surface area contributed by atoms with Gasteiger partial charge in [0.05, 0.1) is 0 Å². The van der Waals surface area contributed by atoms with Crippen LogP contribution >= 0.6 is 0 Å². The van der Waals surface area contributed by atoms with Crippen LogP contribution in [0.4, 0.5) is 4.39 Å². The summed E-state index contributed by atoms with van der Waals surface area (Å²) in [6.45, 7) is 4.55. The molecule has 1 fully saturated rings. The minimum absolute atomic E-state index is 0.113. The van der Waals surface area contributed by atoms with Crippen LogP contribution in [0.1, 0.15) is 51.1 Å². The highest BCUT2D eigenvalue weighted by molar-refractivity contribution is 5.39. The first-order valence-electron chi connectivity index (χ1n) is 6.63. The molecule has 1 spiro atoms. The fourth-order valence-corrected chi connectivity index (χ4v) is 3.56. The molecular weight excluding hydrogens is 229 g/mol. The minimum Gasteiger partial charge on any atom is -0.487 e. The highest BCUT2D eigenvalue weighted by atomic mass is 19.1. The molecule has 2 N–H and O–H groups in total. The van der Waals surface area contributed by atoms with E-state index in [1.807, 2.05) is 0 Å². The van der Waals surface area contributed by atoms with Crippen LogP contribution in [0.2, 0.25) is 0 Å². The van der Waals surface area contributed by atoms with E-state index in [1.165, 1.54) is 12.1 Å². The van der Waals surface area contributed by atoms with E-state index in [-0.39, 0.29) is 17.5 Å². The highest BCUT2D eigenvalue weighted by Gasteiger charge is 2.48. The largest absolute Gasteiger partial charge is 0.487 e. The van der Waals surface area contributed by atoms with Crippen molar-refractivity contribution in [2.75, 3.05) is 0 Å². The Labute approximate surface area is 107 Å². The summed E-state index contributed by atoms with van der Waals surface area (Å²) in [5, 5.41) is 0. The van der Waals surface area contributed by atoms with E-state index in [9.17, 15) is 4.39 Å². The standard InChI is InChI=1S/C15H20FNO/c1-14(2)5-6-15(9-14)8-12(17)11-7-10(16)3-4-13(11)18-15/h3-4,7,12H,5-6,8-9,17H2,1-2H3. The number of hydrogen-bond donors (Lipinski definition) is 1. The van der Waals surface area contributed by atoms with Crippen molar-refractivity contribution < 1.29 is 9.13 Å². The molecule has 2 aliphatic rings. The van der Waals surface area contributed by atoms with Gasteiger partial charge in [0.2, 0.25) is 0 Å². The summed E-state index contributed by atoms with van der Waals surface area (Å²) in [6.07, 6.45) is 4.04. The lowest BCUT2D eigenvalue weighted by Gasteiger charge is -2.39. The zero-order valence-corrected chi connectivity index (χ0v) is 11.0. The van der Waals surface area contributed by atoms with Gasteiger partial charge >= 0.3 is 0 Å². The van der Waals surface area contributed by atoms with Crippen molar-refractivity contribution in [3.63, 3.8) is 0 Å². The Balaban J connectivity index is 1.95. The maximum Gasteiger partial charge on any atom is 0.125 e. The first-order chi connectivity index (χ1) is 8.39. The van der Waals surface area contributed by atoms with Gasteiger partial charge in [-0.1, -0.05) is 13.8 Å². The first kappa shape index (κ1) is 12.0. The summed E-state index contributed by atoms with van der Waals surface area (Å²) in [6, 6.07) is 4.56. The van der Waals surface area contributed by atoms with Crippen molar-refractivity contribution in [3.05, 3.63) is 29.6 Å². The maximum atomic E-state index is 13.2. The zero-order chi connectivity index (χ0) is 13.0. The summed E-state index contributed by atoms with van der Waals surface area (Å²) in [5.74, 6) is 0.531. The number of benzene rings is 1. The molecule has 1 aromatic carbocycles. The molecule has 1 heterocycles. The van der Waals surface area contributed by atoms with Gasteiger partial charge in [-0.2, -0.15) is 0 Å². The first-order valence-corrected chi connectivity index (χ1v) is 6.63. The van der Waals surface area contributed by atoms with Crippen LogP contribution in [-0.2, 0) is 0 Å². The molecule has 18 heavy (non-hydrogen) atoms. The molecule has 1 aliphatic heterocycles. The topological polar surface area (TPSA) is 35.2 Å². The Morgan fingerprint density at radius 2 is 2.11 bits per heavy atom. The van der Waals surface area contributed by atoms with E-state index in [4.69, 9.17) is 10.5 Å². The lowest BCUT2D eigenvalue weighted by atomic mass is 9.83. The molecule has 1 saturated carbocycles. The molecule has 2 atom stereocenters. The minimum atomic E-state index is -0.240. The van der Waals surface area contributed by atoms with Crippen LogP contribution in [0, 0.1) is 11.2 Å². The van der Waals surface area contributed by atoms with Gasteiger partial charge < -0.3 is 10.5 Å². The normalized spacial score (nSPS) is 33.2. The van der Waals surface area contributed by atoms with E-state index >= 15 is 0 Å². The van der Waals surface area contributed by atoms with Crippen LogP contribution in [0.3, 0.4) is 0 Å². The highest BCUT2D eigenvalue weighted by Crippen LogP contribution is 2.52. The van der Waals surface area contributed by atoms with Crippen LogP contribution in [0.15, 0.2) is 18.2 Å². The molecular formula is C15H20FNO. The Kier molecular flexibility index (Phi) is 2.46. The Bertz CT molecular complexity index is 485.